The summed E-state index contributed by atoms with van der Waals surface area (Å²) in [6.07, 6.45) is -3.09. The molecule has 0 aliphatic carbocycles. The molecule has 5 heterocycles. The molecular formula is C27H25F4N9O3. The Labute approximate surface area is 241 Å². The summed E-state index contributed by atoms with van der Waals surface area (Å²) in [6, 6.07) is 4.09. The Bertz CT molecular complexity index is 1750. The molecule has 0 spiro atoms. The number of fused-ring (bicyclic) bond motifs is 2. The van der Waals surface area contributed by atoms with E-state index >= 15 is 0 Å². The molecule has 6 rings (SSSR count). The minimum Gasteiger partial charge on any atom is -0.332 e. The van der Waals surface area contributed by atoms with Crippen LogP contribution >= 0.6 is 0 Å². The van der Waals surface area contributed by atoms with E-state index in [0.717, 1.165) is 20.6 Å². The van der Waals surface area contributed by atoms with Crippen LogP contribution in [0.1, 0.15) is 41.3 Å². The first kappa shape index (κ1) is 28.4. The van der Waals surface area contributed by atoms with E-state index in [2.05, 4.69) is 25.3 Å². The molecule has 0 saturated carbocycles. The molecule has 0 N–H and O–H groups in total. The molecule has 2 atom stereocenters. The van der Waals surface area contributed by atoms with Gasteiger partial charge in [-0.05, 0) is 24.6 Å². The minimum absolute atomic E-state index is 0.0454. The number of rotatable bonds is 5. The Morgan fingerprint density at radius 3 is 2.49 bits per heavy atom. The van der Waals surface area contributed by atoms with Gasteiger partial charge in [0.1, 0.15) is 30.3 Å². The van der Waals surface area contributed by atoms with E-state index < -0.39 is 36.0 Å². The van der Waals surface area contributed by atoms with Crippen molar-refractivity contribution in [2.75, 3.05) is 13.1 Å². The third-order valence-corrected chi connectivity index (χ3v) is 7.66. The normalized spacial score (nSPS) is 18.7. The third kappa shape index (κ3) is 5.21. The molecule has 1 aromatic carbocycles. The molecular weight excluding hydrogens is 574 g/mol. The van der Waals surface area contributed by atoms with Crippen LogP contribution in [-0.2, 0) is 35.4 Å². The summed E-state index contributed by atoms with van der Waals surface area (Å²) in [4.78, 5) is 50.2. The fraction of sp³-hybridized carbons (Fsp3) is 0.407. The predicted octanol–water partition coefficient (Wildman–Crippen LogP) is 2.60. The maximum absolute atomic E-state index is 14.6. The van der Waals surface area contributed by atoms with Crippen LogP contribution in [0.3, 0.4) is 0 Å². The highest BCUT2D eigenvalue weighted by Crippen LogP contribution is 2.31. The molecule has 12 nitrogen and oxygen atoms in total. The van der Waals surface area contributed by atoms with Gasteiger partial charge in [0.15, 0.2) is 11.6 Å². The van der Waals surface area contributed by atoms with Crippen LogP contribution in [0, 0.1) is 6.92 Å². The Morgan fingerprint density at radius 1 is 1.05 bits per heavy atom. The van der Waals surface area contributed by atoms with Gasteiger partial charge in [-0.25, -0.2) is 14.4 Å². The molecule has 4 aromatic rings. The van der Waals surface area contributed by atoms with E-state index in [1.165, 1.54) is 16.5 Å². The highest BCUT2D eigenvalue weighted by Gasteiger charge is 2.44. The maximum Gasteiger partial charge on any atom is 0.451 e. The third-order valence-electron chi connectivity index (χ3n) is 7.66. The Balaban J connectivity index is 1.23. The van der Waals surface area contributed by atoms with Gasteiger partial charge < -0.3 is 14.4 Å². The van der Waals surface area contributed by atoms with Gasteiger partial charge in [-0.2, -0.15) is 18.3 Å². The number of hydrogen-bond donors (Lipinski definition) is 0. The van der Waals surface area contributed by atoms with E-state index in [4.69, 9.17) is 0 Å². The molecule has 2 aliphatic heterocycles. The zero-order chi connectivity index (χ0) is 30.6. The number of Topliss-reactive ketones (excluding diaryl/α,β-unsaturated/α-hetero) is 1. The van der Waals surface area contributed by atoms with Crippen molar-refractivity contribution in [3.05, 3.63) is 53.8 Å². The second-order valence-corrected chi connectivity index (χ2v) is 10.6. The number of nitrogens with zero attached hydrogens (tertiary/aromatic N) is 9. The second kappa shape index (κ2) is 10.5. The standard InChI is InChI=1S/C27H25F4N9O3/c1-14(41)24-19-7-16(17-9-32-15(2)33-10-17)3-4-20(19)40(36-24)13-23(42)39-11-18(28)8-21(39)25(43)37-5-6-38-22(12-37)34-35-26(38)27(29,30)31/h3-4,7,9-10,18,21H,5-6,8,11-13H2,1-2H3/t18-,21+/m1/s1. The summed E-state index contributed by atoms with van der Waals surface area (Å²) in [5.74, 6) is -2.08. The van der Waals surface area contributed by atoms with Crippen LogP contribution in [0.25, 0.3) is 22.0 Å². The zero-order valence-corrected chi connectivity index (χ0v) is 23.0. The van der Waals surface area contributed by atoms with Crippen molar-refractivity contribution in [2.24, 2.45) is 0 Å². The van der Waals surface area contributed by atoms with E-state index in [0.29, 0.717) is 16.7 Å². The van der Waals surface area contributed by atoms with Crippen molar-refractivity contribution in [3.63, 3.8) is 0 Å². The summed E-state index contributed by atoms with van der Waals surface area (Å²) in [6.45, 7) is 1.91. The number of hydrogen-bond acceptors (Lipinski definition) is 8. The summed E-state index contributed by atoms with van der Waals surface area (Å²) < 4.78 is 56.5. The molecule has 2 aliphatic rings. The lowest BCUT2D eigenvalue weighted by atomic mass is 10.0. The van der Waals surface area contributed by atoms with Gasteiger partial charge in [0.2, 0.25) is 17.6 Å². The lowest BCUT2D eigenvalue weighted by molar-refractivity contribution is -0.149. The number of alkyl halides is 4. The molecule has 16 heteroatoms. The monoisotopic (exact) mass is 599 g/mol. The molecule has 0 unspecified atom stereocenters. The quantitative estimate of drug-likeness (QED) is 0.253. The molecule has 224 valence electrons. The highest BCUT2D eigenvalue weighted by atomic mass is 19.4. The van der Waals surface area contributed by atoms with E-state index in [1.54, 1.807) is 37.5 Å². The fourth-order valence-corrected chi connectivity index (χ4v) is 5.56. The van der Waals surface area contributed by atoms with Crippen molar-refractivity contribution < 1.29 is 31.9 Å². The second-order valence-electron chi connectivity index (χ2n) is 10.6. The molecule has 2 amide bonds. The number of likely N-dealkylation sites (tertiary alicyclic amines) is 1. The number of carbonyl (C=O) groups excluding carboxylic acids is 3. The number of aromatic nitrogens is 7. The van der Waals surface area contributed by atoms with Gasteiger partial charge in [-0.15, -0.1) is 10.2 Å². The summed E-state index contributed by atoms with van der Waals surface area (Å²) in [5, 5.41) is 11.7. The van der Waals surface area contributed by atoms with Gasteiger partial charge in [0.05, 0.1) is 18.6 Å². The van der Waals surface area contributed by atoms with Gasteiger partial charge in [0, 0.05) is 49.8 Å². The predicted molar refractivity (Wildman–Crippen MR) is 141 cm³/mol. The molecule has 0 radical (unpaired) electrons. The van der Waals surface area contributed by atoms with Crippen LogP contribution in [0.2, 0.25) is 0 Å². The molecule has 1 saturated heterocycles. The van der Waals surface area contributed by atoms with E-state index in [9.17, 15) is 31.9 Å². The average molecular weight is 600 g/mol. The van der Waals surface area contributed by atoms with Gasteiger partial charge in [-0.3, -0.25) is 19.1 Å². The number of ketones is 1. The Hall–Kier alpha value is -4.76. The van der Waals surface area contributed by atoms with E-state index in [-0.39, 0.29) is 56.4 Å². The number of benzene rings is 1. The Kier molecular flexibility index (Phi) is 6.93. The first-order valence-electron chi connectivity index (χ1n) is 13.4. The summed E-state index contributed by atoms with van der Waals surface area (Å²) in [5.41, 5.74) is 2.10. The van der Waals surface area contributed by atoms with Gasteiger partial charge in [0.25, 0.3) is 0 Å². The van der Waals surface area contributed by atoms with Crippen LogP contribution < -0.4 is 0 Å². The summed E-state index contributed by atoms with van der Waals surface area (Å²) >= 11 is 0. The van der Waals surface area contributed by atoms with Crippen molar-refractivity contribution >= 4 is 28.5 Å². The van der Waals surface area contributed by atoms with Gasteiger partial charge in [-0.1, -0.05) is 6.07 Å². The number of carbonyl (C=O) groups is 3. The smallest absolute Gasteiger partial charge is 0.332 e. The average Bonchev–Trinajstić information content (AvgIpc) is 3.67. The Morgan fingerprint density at radius 2 is 1.79 bits per heavy atom. The molecule has 0 bridgehead atoms. The molecule has 43 heavy (non-hydrogen) atoms. The fourth-order valence-electron chi connectivity index (χ4n) is 5.56. The van der Waals surface area contributed by atoms with Crippen molar-refractivity contribution in [3.8, 4) is 11.1 Å². The number of aryl methyl sites for hydroxylation is 1. The zero-order valence-electron chi connectivity index (χ0n) is 23.0. The largest absolute Gasteiger partial charge is 0.451 e. The highest BCUT2D eigenvalue weighted by molar-refractivity contribution is 6.06. The topological polar surface area (TPSA) is 132 Å². The minimum atomic E-state index is -4.69. The lowest BCUT2D eigenvalue weighted by Gasteiger charge is -2.32. The van der Waals surface area contributed by atoms with Gasteiger partial charge >= 0.3 is 6.18 Å². The van der Waals surface area contributed by atoms with Crippen LogP contribution in [0.15, 0.2) is 30.6 Å². The van der Waals surface area contributed by atoms with E-state index in [1.807, 2.05) is 0 Å². The number of amides is 2. The number of halogens is 4. The van der Waals surface area contributed by atoms with Crippen molar-refractivity contribution in [2.45, 2.75) is 58.3 Å². The lowest BCUT2D eigenvalue weighted by Crippen LogP contribution is -2.50. The maximum atomic E-state index is 14.6. The molecule has 1 fully saturated rings. The van der Waals surface area contributed by atoms with Crippen molar-refractivity contribution in [1.82, 2.24) is 44.3 Å². The van der Waals surface area contributed by atoms with Crippen LogP contribution in [0.4, 0.5) is 17.6 Å². The molecule has 3 aromatic heterocycles. The SMILES string of the molecule is CC(=O)c1nn(CC(=O)N2C[C@H](F)C[C@H]2C(=O)N2CCn3c(nnc3C(F)(F)F)C2)c2ccc(-c3cnc(C)nc3)cc12. The van der Waals surface area contributed by atoms with Crippen LogP contribution in [-0.4, -0.2) is 87.2 Å². The van der Waals surface area contributed by atoms with Crippen LogP contribution in [0.5, 0.6) is 0 Å². The first-order valence-corrected chi connectivity index (χ1v) is 13.4. The first-order chi connectivity index (χ1) is 20.4. The summed E-state index contributed by atoms with van der Waals surface area (Å²) in [7, 11) is 0. The van der Waals surface area contributed by atoms with Crippen molar-refractivity contribution in [1.29, 1.82) is 0 Å².